The van der Waals surface area contributed by atoms with Gasteiger partial charge in [0.1, 0.15) is 6.04 Å². The van der Waals surface area contributed by atoms with Gasteiger partial charge in [0.2, 0.25) is 0 Å². The summed E-state index contributed by atoms with van der Waals surface area (Å²) in [5.41, 5.74) is 1.60. The summed E-state index contributed by atoms with van der Waals surface area (Å²) in [5.74, 6) is -0.563. The Morgan fingerprint density at radius 3 is 2.62 bits per heavy atom. The molecule has 0 bridgehead atoms. The van der Waals surface area contributed by atoms with Gasteiger partial charge in [0.15, 0.2) is 0 Å². The van der Waals surface area contributed by atoms with Crippen LogP contribution in [0.15, 0.2) is 24.3 Å². The Hall–Kier alpha value is -1.84. The normalized spacial score (nSPS) is 20.4. The Morgan fingerprint density at radius 2 is 1.95 bits per heavy atom. The van der Waals surface area contributed by atoms with Crippen molar-refractivity contribution >= 4 is 11.9 Å². The Labute approximate surface area is 124 Å². The number of aliphatic carboxylic acids is 1. The monoisotopic (exact) mass is 287 g/mol. The topological polar surface area (TPSA) is 57.6 Å². The molecule has 1 N–H and O–H groups in total. The molecule has 0 radical (unpaired) electrons. The lowest BCUT2D eigenvalue weighted by Gasteiger charge is -2.29. The van der Waals surface area contributed by atoms with Crippen LogP contribution in [-0.2, 0) is 11.3 Å². The minimum Gasteiger partial charge on any atom is -0.480 e. The van der Waals surface area contributed by atoms with Gasteiger partial charge >= 0.3 is 5.97 Å². The molecule has 1 heterocycles. The molecule has 1 aromatic rings. The maximum absolute atomic E-state index is 12.4. The molecule has 112 valence electrons. The molecular weight excluding hydrogens is 266 g/mol. The number of rotatable bonds is 4. The van der Waals surface area contributed by atoms with Gasteiger partial charge in [-0.25, -0.2) is 4.79 Å². The number of carbonyl (C=O) groups is 2. The second kappa shape index (κ2) is 5.88. The molecule has 1 atom stereocenters. The molecule has 1 aromatic carbocycles. The highest BCUT2D eigenvalue weighted by Crippen LogP contribution is 2.32. The fourth-order valence-corrected chi connectivity index (χ4v) is 3.63. The first-order chi connectivity index (χ1) is 10.2. The van der Waals surface area contributed by atoms with Gasteiger partial charge < -0.3 is 10.0 Å². The fraction of sp³-hybridized carbons (Fsp3) is 0.529. The zero-order chi connectivity index (χ0) is 14.8. The Balaban J connectivity index is 1.76. The Kier molecular flexibility index (Phi) is 3.95. The summed E-state index contributed by atoms with van der Waals surface area (Å²) >= 11 is 0. The van der Waals surface area contributed by atoms with Crippen molar-refractivity contribution in [2.45, 2.75) is 51.1 Å². The molecule has 1 saturated carbocycles. The highest BCUT2D eigenvalue weighted by molar-refractivity contribution is 6.00. The van der Waals surface area contributed by atoms with Gasteiger partial charge in [0.25, 0.3) is 5.91 Å². The van der Waals surface area contributed by atoms with Crippen LogP contribution in [0, 0.1) is 5.92 Å². The molecule has 1 fully saturated rings. The zero-order valence-electron chi connectivity index (χ0n) is 12.1. The first-order valence-electron chi connectivity index (χ1n) is 7.78. The van der Waals surface area contributed by atoms with Crippen molar-refractivity contribution in [3.63, 3.8) is 0 Å². The van der Waals surface area contributed by atoms with Crippen LogP contribution in [-0.4, -0.2) is 27.9 Å². The largest absolute Gasteiger partial charge is 0.480 e. The standard InChI is InChI=1S/C17H21NO3/c19-16-14-9-5-4-8-13(14)11-18(16)15(17(20)21)10-12-6-2-1-3-7-12/h4-5,8-9,12,15H,1-3,6-7,10-11H2,(H,20,21)/t15-/m1/s1. The number of benzene rings is 1. The lowest BCUT2D eigenvalue weighted by molar-refractivity contribution is -0.143. The van der Waals surface area contributed by atoms with Crippen LogP contribution in [0.2, 0.25) is 0 Å². The summed E-state index contributed by atoms with van der Waals surface area (Å²) in [6.45, 7) is 0.429. The van der Waals surface area contributed by atoms with E-state index in [4.69, 9.17) is 0 Å². The van der Waals surface area contributed by atoms with Crippen LogP contribution in [0.1, 0.15) is 54.4 Å². The van der Waals surface area contributed by atoms with Crippen molar-refractivity contribution in [3.8, 4) is 0 Å². The minimum absolute atomic E-state index is 0.131. The molecule has 1 aliphatic carbocycles. The molecule has 1 aliphatic heterocycles. The molecule has 0 unspecified atom stereocenters. The highest BCUT2D eigenvalue weighted by atomic mass is 16.4. The smallest absolute Gasteiger partial charge is 0.326 e. The summed E-state index contributed by atoms with van der Waals surface area (Å²) in [4.78, 5) is 25.7. The summed E-state index contributed by atoms with van der Waals surface area (Å²) in [7, 11) is 0. The van der Waals surface area contributed by atoms with E-state index in [0.29, 0.717) is 24.4 Å². The van der Waals surface area contributed by atoms with Gasteiger partial charge in [-0.2, -0.15) is 0 Å². The number of hydrogen-bond acceptors (Lipinski definition) is 2. The first kappa shape index (κ1) is 14.1. The van der Waals surface area contributed by atoms with Crippen molar-refractivity contribution in [1.82, 2.24) is 4.90 Å². The van der Waals surface area contributed by atoms with Crippen LogP contribution >= 0.6 is 0 Å². The molecule has 4 heteroatoms. The van der Waals surface area contributed by atoms with Gasteiger partial charge in [-0.3, -0.25) is 4.79 Å². The maximum Gasteiger partial charge on any atom is 0.326 e. The van der Waals surface area contributed by atoms with Gasteiger partial charge in [0, 0.05) is 12.1 Å². The summed E-state index contributed by atoms with van der Waals surface area (Å²) in [5, 5.41) is 9.57. The number of carboxylic acid groups (broad SMARTS) is 1. The van der Waals surface area contributed by atoms with E-state index in [-0.39, 0.29) is 5.91 Å². The third kappa shape index (κ3) is 2.80. The molecule has 2 aliphatic rings. The lowest BCUT2D eigenvalue weighted by atomic mass is 9.84. The predicted molar refractivity (Wildman–Crippen MR) is 78.9 cm³/mol. The van der Waals surface area contributed by atoms with Crippen molar-refractivity contribution in [3.05, 3.63) is 35.4 Å². The van der Waals surface area contributed by atoms with E-state index in [9.17, 15) is 14.7 Å². The molecule has 3 rings (SSSR count). The summed E-state index contributed by atoms with van der Waals surface area (Å²) in [6, 6.07) is 6.74. The first-order valence-corrected chi connectivity index (χ1v) is 7.78. The lowest BCUT2D eigenvalue weighted by Crippen LogP contribution is -2.42. The second-order valence-electron chi connectivity index (χ2n) is 6.18. The van der Waals surface area contributed by atoms with Gasteiger partial charge in [-0.1, -0.05) is 50.3 Å². The van der Waals surface area contributed by atoms with Crippen LogP contribution in [0.5, 0.6) is 0 Å². The molecular formula is C17H21NO3. The maximum atomic E-state index is 12.4. The van der Waals surface area contributed by atoms with Crippen molar-refractivity contribution in [2.24, 2.45) is 5.92 Å². The minimum atomic E-state index is -0.873. The number of carbonyl (C=O) groups excluding carboxylic acids is 1. The average molecular weight is 287 g/mol. The van der Waals surface area contributed by atoms with E-state index in [0.717, 1.165) is 18.4 Å². The van der Waals surface area contributed by atoms with Gasteiger partial charge in [-0.05, 0) is 24.0 Å². The van der Waals surface area contributed by atoms with Gasteiger partial charge in [-0.15, -0.1) is 0 Å². The third-order valence-electron chi connectivity index (χ3n) is 4.79. The van der Waals surface area contributed by atoms with E-state index < -0.39 is 12.0 Å². The highest BCUT2D eigenvalue weighted by Gasteiger charge is 2.37. The molecule has 0 saturated heterocycles. The Bertz CT molecular complexity index is 549. The summed E-state index contributed by atoms with van der Waals surface area (Å²) in [6.07, 6.45) is 6.41. The number of nitrogens with zero attached hydrogens (tertiary/aromatic N) is 1. The third-order valence-corrected chi connectivity index (χ3v) is 4.79. The van der Waals surface area contributed by atoms with Crippen molar-refractivity contribution in [2.75, 3.05) is 0 Å². The molecule has 1 amide bonds. The zero-order valence-corrected chi connectivity index (χ0v) is 12.1. The van der Waals surface area contributed by atoms with Crippen molar-refractivity contribution < 1.29 is 14.7 Å². The van der Waals surface area contributed by atoms with Gasteiger partial charge in [0.05, 0.1) is 0 Å². The second-order valence-corrected chi connectivity index (χ2v) is 6.18. The fourth-order valence-electron chi connectivity index (χ4n) is 3.63. The Morgan fingerprint density at radius 1 is 1.24 bits per heavy atom. The van der Waals surface area contributed by atoms with E-state index >= 15 is 0 Å². The number of hydrogen-bond donors (Lipinski definition) is 1. The quantitative estimate of drug-likeness (QED) is 0.926. The molecule has 21 heavy (non-hydrogen) atoms. The number of amides is 1. The predicted octanol–water partition coefficient (Wildman–Crippen LogP) is 3.07. The molecule has 0 spiro atoms. The average Bonchev–Trinajstić information content (AvgIpc) is 2.83. The molecule has 0 aromatic heterocycles. The van der Waals surface area contributed by atoms with Crippen LogP contribution < -0.4 is 0 Å². The van der Waals surface area contributed by atoms with Crippen LogP contribution in [0.25, 0.3) is 0 Å². The SMILES string of the molecule is O=C(O)[C@@H](CC1CCCCC1)N1Cc2ccccc2C1=O. The number of carboxylic acids is 1. The van der Waals surface area contributed by atoms with Crippen molar-refractivity contribution in [1.29, 1.82) is 0 Å². The van der Waals surface area contributed by atoms with E-state index in [1.165, 1.54) is 19.3 Å². The number of fused-ring (bicyclic) bond motifs is 1. The van der Waals surface area contributed by atoms with E-state index in [2.05, 4.69) is 0 Å². The van der Waals surface area contributed by atoms with Crippen LogP contribution in [0.3, 0.4) is 0 Å². The van der Waals surface area contributed by atoms with Crippen LogP contribution in [0.4, 0.5) is 0 Å². The van der Waals surface area contributed by atoms with E-state index in [1.807, 2.05) is 18.2 Å². The summed E-state index contributed by atoms with van der Waals surface area (Å²) < 4.78 is 0. The molecule has 4 nitrogen and oxygen atoms in total. The van der Waals surface area contributed by atoms with E-state index in [1.54, 1.807) is 11.0 Å².